The monoisotopic (exact) mass is 174 g/mol. The lowest BCUT2D eigenvalue weighted by molar-refractivity contribution is -0.877. The molecule has 0 saturated carbocycles. The van der Waals surface area contributed by atoms with Crippen molar-refractivity contribution >= 4 is 0 Å². The number of hydrogen-bond donors (Lipinski definition) is 0. The molecule has 12 heavy (non-hydrogen) atoms. The van der Waals surface area contributed by atoms with Crippen LogP contribution in [0.5, 0.6) is 0 Å². The van der Waals surface area contributed by atoms with E-state index in [1.807, 2.05) is 0 Å². The fourth-order valence-electron chi connectivity index (χ4n) is 1.17. The third kappa shape index (κ3) is 9.92. The van der Waals surface area contributed by atoms with E-state index < -0.39 is 0 Å². The molecule has 0 aromatic rings. The standard InChI is InChI=1S/C10H26N2/c1-11(2,3)9-7-8-10-12(4,5)6/h7-10H2,1-6H3/q+2. The van der Waals surface area contributed by atoms with Gasteiger partial charge in [0.25, 0.3) is 0 Å². The summed E-state index contributed by atoms with van der Waals surface area (Å²) in [5.41, 5.74) is 0. The molecule has 0 atom stereocenters. The molecule has 0 heterocycles. The van der Waals surface area contributed by atoms with Crippen LogP contribution in [0.15, 0.2) is 0 Å². The molecule has 0 spiro atoms. The molecule has 0 aliphatic heterocycles. The molecular weight excluding hydrogens is 148 g/mol. The summed E-state index contributed by atoms with van der Waals surface area (Å²) in [6.07, 6.45) is 2.69. The Balaban J connectivity index is 3.35. The molecule has 0 unspecified atom stereocenters. The van der Waals surface area contributed by atoms with E-state index in [1.165, 1.54) is 25.9 Å². The molecule has 0 aliphatic carbocycles. The van der Waals surface area contributed by atoms with Crippen molar-refractivity contribution < 1.29 is 8.97 Å². The fourth-order valence-corrected chi connectivity index (χ4v) is 1.17. The number of unbranched alkanes of at least 4 members (excludes halogenated alkanes) is 1. The van der Waals surface area contributed by atoms with Crippen molar-refractivity contribution in [2.45, 2.75) is 12.8 Å². The molecule has 0 aromatic heterocycles. The molecule has 0 aliphatic rings. The first-order valence-electron chi connectivity index (χ1n) is 4.82. The van der Waals surface area contributed by atoms with Crippen LogP contribution in [0.2, 0.25) is 0 Å². The first-order chi connectivity index (χ1) is 5.21. The Morgan fingerprint density at radius 3 is 1.00 bits per heavy atom. The molecule has 0 saturated heterocycles. The van der Waals surface area contributed by atoms with Gasteiger partial charge in [-0.1, -0.05) is 0 Å². The predicted molar refractivity (Wildman–Crippen MR) is 55.0 cm³/mol. The van der Waals surface area contributed by atoms with E-state index in [1.54, 1.807) is 0 Å². The van der Waals surface area contributed by atoms with Gasteiger partial charge in [0.2, 0.25) is 0 Å². The second-order valence-corrected chi connectivity index (χ2v) is 5.73. The maximum Gasteiger partial charge on any atom is 0.0782 e. The van der Waals surface area contributed by atoms with E-state index in [0.29, 0.717) is 0 Å². The Morgan fingerprint density at radius 2 is 0.833 bits per heavy atom. The van der Waals surface area contributed by atoms with Crippen LogP contribution >= 0.6 is 0 Å². The Hall–Kier alpha value is -0.0800. The van der Waals surface area contributed by atoms with Crippen molar-refractivity contribution in [3.63, 3.8) is 0 Å². The zero-order chi connectivity index (χ0) is 9.83. The van der Waals surface area contributed by atoms with E-state index in [-0.39, 0.29) is 0 Å². The number of nitrogens with zero attached hydrogens (tertiary/aromatic N) is 2. The molecule has 2 heteroatoms. The Kier molecular flexibility index (Phi) is 4.21. The lowest BCUT2D eigenvalue weighted by atomic mass is 10.2. The van der Waals surface area contributed by atoms with Crippen molar-refractivity contribution in [2.24, 2.45) is 0 Å². The highest BCUT2D eigenvalue weighted by Crippen LogP contribution is 2.00. The Bertz CT molecular complexity index is 101. The van der Waals surface area contributed by atoms with E-state index in [4.69, 9.17) is 0 Å². The van der Waals surface area contributed by atoms with Crippen LogP contribution in [0.1, 0.15) is 12.8 Å². The molecule has 0 radical (unpaired) electrons. The third-order valence-electron chi connectivity index (χ3n) is 1.91. The summed E-state index contributed by atoms with van der Waals surface area (Å²) in [4.78, 5) is 0. The summed E-state index contributed by atoms with van der Waals surface area (Å²) in [6.45, 7) is 2.58. The van der Waals surface area contributed by atoms with Gasteiger partial charge in [-0.05, 0) is 0 Å². The van der Waals surface area contributed by atoms with E-state index >= 15 is 0 Å². The van der Waals surface area contributed by atoms with Crippen molar-refractivity contribution in [3.05, 3.63) is 0 Å². The van der Waals surface area contributed by atoms with Gasteiger partial charge in [0.1, 0.15) is 0 Å². The second kappa shape index (κ2) is 4.24. The average molecular weight is 174 g/mol. The van der Waals surface area contributed by atoms with Crippen molar-refractivity contribution in [1.29, 1.82) is 0 Å². The summed E-state index contributed by atoms with van der Waals surface area (Å²) in [6, 6.07) is 0. The van der Waals surface area contributed by atoms with Gasteiger partial charge >= 0.3 is 0 Å². The van der Waals surface area contributed by atoms with Gasteiger partial charge in [-0.25, -0.2) is 0 Å². The molecule has 2 nitrogen and oxygen atoms in total. The van der Waals surface area contributed by atoms with E-state index in [9.17, 15) is 0 Å². The van der Waals surface area contributed by atoms with E-state index in [0.717, 1.165) is 8.97 Å². The summed E-state index contributed by atoms with van der Waals surface area (Å²) in [7, 11) is 13.5. The molecule has 0 aromatic carbocycles. The Labute approximate surface area is 78.0 Å². The van der Waals surface area contributed by atoms with Gasteiger partial charge in [0, 0.05) is 12.8 Å². The number of rotatable bonds is 5. The van der Waals surface area contributed by atoms with Gasteiger partial charge < -0.3 is 8.97 Å². The van der Waals surface area contributed by atoms with Crippen molar-refractivity contribution in [1.82, 2.24) is 0 Å². The predicted octanol–water partition coefficient (Wildman–Crippen LogP) is 1.18. The summed E-state index contributed by atoms with van der Waals surface area (Å²) in [5.74, 6) is 0. The van der Waals surface area contributed by atoms with Crippen molar-refractivity contribution in [2.75, 3.05) is 55.4 Å². The first-order valence-corrected chi connectivity index (χ1v) is 4.82. The average Bonchev–Trinajstić information content (AvgIpc) is 1.76. The van der Waals surface area contributed by atoms with E-state index in [2.05, 4.69) is 42.3 Å². The minimum absolute atomic E-state index is 1.09. The van der Waals surface area contributed by atoms with Crippen LogP contribution in [-0.2, 0) is 0 Å². The molecular formula is C10H26N2+2. The van der Waals surface area contributed by atoms with Crippen LogP contribution in [0.3, 0.4) is 0 Å². The lowest BCUT2D eigenvalue weighted by Gasteiger charge is -2.26. The number of hydrogen-bond acceptors (Lipinski definition) is 0. The highest BCUT2D eigenvalue weighted by molar-refractivity contribution is 4.37. The van der Waals surface area contributed by atoms with Gasteiger partial charge in [-0.15, -0.1) is 0 Å². The second-order valence-electron chi connectivity index (χ2n) is 5.73. The molecule has 0 rings (SSSR count). The summed E-state index contributed by atoms with van der Waals surface area (Å²) in [5, 5.41) is 0. The topological polar surface area (TPSA) is 0 Å². The number of quaternary nitrogens is 2. The molecule has 0 amide bonds. The van der Waals surface area contributed by atoms with Crippen LogP contribution in [0.4, 0.5) is 0 Å². The zero-order valence-corrected chi connectivity index (χ0v) is 9.72. The minimum Gasteiger partial charge on any atom is -0.331 e. The smallest absolute Gasteiger partial charge is 0.0782 e. The highest BCUT2D eigenvalue weighted by Gasteiger charge is 2.09. The first kappa shape index (κ1) is 11.9. The van der Waals surface area contributed by atoms with Gasteiger partial charge in [0.15, 0.2) is 0 Å². The summed E-state index contributed by atoms with van der Waals surface area (Å²) < 4.78 is 2.19. The highest BCUT2D eigenvalue weighted by atomic mass is 15.3. The molecule has 0 bridgehead atoms. The quantitative estimate of drug-likeness (QED) is 0.434. The van der Waals surface area contributed by atoms with Gasteiger partial charge in [-0.3, -0.25) is 0 Å². The summed E-state index contributed by atoms with van der Waals surface area (Å²) >= 11 is 0. The van der Waals surface area contributed by atoms with Crippen LogP contribution in [0, 0.1) is 0 Å². The fraction of sp³-hybridized carbons (Fsp3) is 1.00. The Morgan fingerprint density at radius 1 is 0.583 bits per heavy atom. The van der Waals surface area contributed by atoms with Crippen LogP contribution in [-0.4, -0.2) is 64.3 Å². The minimum atomic E-state index is 1.09. The van der Waals surface area contributed by atoms with Crippen LogP contribution < -0.4 is 0 Å². The van der Waals surface area contributed by atoms with Gasteiger partial charge in [0.05, 0.1) is 55.4 Å². The normalized spacial score (nSPS) is 13.5. The molecule has 74 valence electrons. The largest absolute Gasteiger partial charge is 0.331 e. The molecule has 0 fully saturated rings. The van der Waals surface area contributed by atoms with Gasteiger partial charge in [-0.2, -0.15) is 0 Å². The SMILES string of the molecule is C[N+](C)(C)CCCC[N+](C)(C)C. The maximum absolute atomic E-state index is 2.26. The maximum atomic E-state index is 2.26. The zero-order valence-electron chi connectivity index (χ0n) is 9.72. The van der Waals surface area contributed by atoms with Crippen LogP contribution in [0.25, 0.3) is 0 Å². The molecule has 0 N–H and O–H groups in total. The van der Waals surface area contributed by atoms with Crippen molar-refractivity contribution in [3.8, 4) is 0 Å². The lowest BCUT2D eigenvalue weighted by Crippen LogP contribution is -2.38. The third-order valence-corrected chi connectivity index (χ3v) is 1.91.